The number of anilines is 2. The van der Waals surface area contributed by atoms with Gasteiger partial charge in [-0.05, 0) is 49.4 Å². The van der Waals surface area contributed by atoms with Gasteiger partial charge in [0.15, 0.2) is 0 Å². The highest BCUT2D eigenvalue weighted by molar-refractivity contribution is 5.93. The summed E-state index contributed by atoms with van der Waals surface area (Å²) in [5.41, 5.74) is 1.72. The molecule has 166 valence electrons. The fourth-order valence-electron chi connectivity index (χ4n) is 3.29. The number of aryl methyl sites for hydroxylation is 1. The minimum absolute atomic E-state index is 0.0990. The molecule has 3 N–H and O–H groups in total. The predicted molar refractivity (Wildman–Crippen MR) is 119 cm³/mol. The molecular formula is C23H23FN4O4. The summed E-state index contributed by atoms with van der Waals surface area (Å²) in [7, 11) is 0. The number of nitrogens with zero attached hydrogens (tertiary/aromatic N) is 2. The summed E-state index contributed by atoms with van der Waals surface area (Å²) in [6.45, 7) is 2.44. The zero-order chi connectivity index (χ0) is 23.3. The van der Waals surface area contributed by atoms with Crippen molar-refractivity contribution >= 4 is 23.2 Å². The number of hydrogen-bond donors (Lipinski definition) is 3. The Morgan fingerprint density at radius 1 is 1.09 bits per heavy atom. The van der Waals surface area contributed by atoms with Crippen molar-refractivity contribution in [2.24, 2.45) is 0 Å². The Morgan fingerprint density at radius 3 is 2.38 bits per heavy atom. The van der Waals surface area contributed by atoms with Crippen LogP contribution in [-0.2, 0) is 22.6 Å². The number of hydrogen-bond acceptors (Lipinski definition) is 5. The number of aliphatic hydroxyl groups is 1. The lowest BCUT2D eigenvalue weighted by molar-refractivity contribution is -0.117. The van der Waals surface area contributed by atoms with Crippen molar-refractivity contribution in [3.05, 3.63) is 76.0 Å². The van der Waals surface area contributed by atoms with E-state index < -0.39 is 17.3 Å². The molecule has 9 heteroatoms. The normalized spacial score (nSPS) is 10.6. The van der Waals surface area contributed by atoms with Gasteiger partial charge in [0.25, 0.3) is 5.56 Å². The smallest absolute Gasteiger partial charge is 0.257 e. The van der Waals surface area contributed by atoms with Crippen LogP contribution >= 0.6 is 0 Å². The fraction of sp³-hybridized carbons (Fsp3) is 0.217. The number of aromatic nitrogens is 2. The average Bonchev–Trinajstić information content (AvgIpc) is 2.73. The van der Waals surface area contributed by atoms with Crippen LogP contribution in [0.25, 0.3) is 11.4 Å². The SMILES string of the molecule is CC(=O)Nc1cccc(NC(=O)Cn2c(-c3ccc(F)cc3)nc(C)c(CCO)c2=O)c1. The lowest BCUT2D eigenvalue weighted by Crippen LogP contribution is -2.33. The lowest BCUT2D eigenvalue weighted by atomic mass is 10.1. The average molecular weight is 438 g/mol. The maximum atomic E-state index is 13.4. The van der Waals surface area contributed by atoms with Gasteiger partial charge >= 0.3 is 0 Å². The van der Waals surface area contributed by atoms with E-state index in [1.165, 1.54) is 35.8 Å². The van der Waals surface area contributed by atoms with E-state index in [1.807, 2.05) is 0 Å². The first-order valence-electron chi connectivity index (χ1n) is 9.93. The first-order valence-corrected chi connectivity index (χ1v) is 9.93. The van der Waals surface area contributed by atoms with Gasteiger partial charge in [0.2, 0.25) is 11.8 Å². The molecular weight excluding hydrogens is 415 g/mol. The number of benzene rings is 2. The molecule has 3 rings (SSSR count). The minimum Gasteiger partial charge on any atom is -0.396 e. The number of carbonyl (C=O) groups excluding carboxylic acids is 2. The Bertz CT molecular complexity index is 1210. The molecule has 0 atom stereocenters. The second kappa shape index (κ2) is 9.97. The van der Waals surface area contributed by atoms with Crippen LogP contribution in [0.5, 0.6) is 0 Å². The molecule has 0 spiro atoms. The Morgan fingerprint density at radius 2 is 1.75 bits per heavy atom. The van der Waals surface area contributed by atoms with Crippen LogP contribution in [0.3, 0.4) is 0 Å². The van der Waals surface area contributed by atoms with Crippen LogP contribution in [0.2, 0.25) is 0 Å². The molecule has 1 heterocycles. The molecule has 3 aromatic rings. The molecule has 0 aliphatic rings. The zero-order valence-corrected chi connectivity index (χ0v) is 17.7. The molecule has 0 radical (unpaired) electrons. The summed E-state index contributed by atoms with van der Waals surface area (Å²) >= 11 is 0. The molecule has 0 saturated heterocycles. The molecule has 0 aliphatic carbocycles. The largest absolute Gasteiger partial charge is 0.396 e. The number of rotatable bonds is 7. The van der Waals surface area contributed by atoms with E-state index in [4.69, 9.17) is 0 Å². The number of nitrogens with one attached hydrogen (secondary N) is 2. The van der Waals surface area contributed by atoms with Gasteiger partial charge in [-0.2, -0.15) is 0 Å². The molecule has 0 fully saturated rings. The highest BCUT2D eigenvalue weighted by Crippen LogP contribution is 2.19. The van der Waals surface area contributed by atoms with Crippen molar-refractivity contribution in [3.8, 4) is 11.4 Å². The van der Waals surface area contributed by atoms with E-state index in [9.17, 15) is 23.9 Å². The summed E-state index contributed by atoms with van der Waals surface area (Å²) in [6.07, 6.45) is 0.0990. The predicted octanol–water partition coefficient (Wildman–Crippen LogP) is 2.49. The molecule has 8 nitrogen and oxygen atoms in total. The van der Waals surface area contributed by atoms with Crippen LogP contribution in [-0.4, -0.2) is 33.1 Å². The summed E-state index contributed by atoms with van der Waals surface area (Å²) in [5, 5.41) is 14.6. The summed E-state index contributed by atoms with van der Waals surface area (Å²) < 4.78 is 14.6. The highest BCUT2D eigenvalue weighted by atomic mass is 19.1. The van der Waals surface area contributed by atoms with Crippen LogP contribution in [0.4, 0.5) is 15.8 Å². The third kappa shape index (κ3) is 5.44. The van der Waals surface area contributed by atoms with Crippen LogP contribution in [0, 0.1) is 12.7 Å². The summed E-state index contributed by atoms with van der Waals surface area (Å²) in [6, 6.07) is 12.0. The van der Waals surface area contributed by atoms with E-state index in [1.54, 1.807) is 31.2 Å². The van der Waals surface area contributed by atoms with Gasteiger partial charge in [0, 0.05) is 48.1 Å². The third-order valence-corrected chi connectivity index (χ3v) is 4.70. The van der Waals surface area contributed by atoms with Crippen molar-refractivity contribution in [2.45, 2.75) is 26.8 Å². The Balaban J connectivity index is 1.96. The van der Waals surface area contributed by atoms with Crippen LogP contribution in [0.15, 0.2) is 53.3 Å². The number of carbonyl (C=O) groups is 2. The minimum atomic E-state index is -0.490. The van der Waals surface area contributed by atoms with Gasteiger partial charge in [0.05, 0.1) is 0 Å². The molecule has 1 aromatic heterocycles. The van der Waals surface area contributed by atoms with Gasteiger partial charge in [-0.3, -0.25) is 19.0 Å². The Hall–Kier alpha value is -3.85. The lowest BCUT2D eigenvalue weighted by Gasteiger charge is -2.16. The first-order chi connectivity index (χ1) is 15.3. The maximum absolute atomic E-state index is 13.4. The van der Waals surface area contributed by atoms with E-state index in [-0.39, 0.29) is 31.3 Å². The zero-order valence-electron chi connectivity index (χ0n) is 17.7. The molecule has 0 unspecified atom stereocenters. The monoisotopic (exact) mass is 438 g/mol. The molecule has 2 aromatic carbocycles. The van der Waals surface area contributed by atoms with Crippen LogP contribution < -0.4 is 16.2 Å². The Labute approximate surface area is 183 Å². The topological polar surface area (TPSA) is 113 Å². The number of aliphatic hydroxyl groups excluding tert-OH is 1. The van der Waals surface area contributed by atoms with Crippen molar-refractivity contribution < 1.29 is 19.1 Å². The van der Waals surface area contributed by atoms with Crippen molar-refractivity contribution in [2.75, 3.05) is 17.2 Å². The van der Waals surface area contributed by atoms with Crippen molar-refractivity contribution in [1.29, 1.82) is 0 Å². The van der Waals surface area contributed by atoms with E-state index >= 15 is 0 Å². The molecule has 0 aliphatic heterocycles. The standard InChI is InChI=1S/C23H23FN4O4/c1-14-20(10-11-29)23(32)28(22(25-14)16-6-8-17(24)9-7-16)13-21(31)27-19-5-3-4-18(12-19)26-15(2)30/h3-9,12,29H,10-11,13H2,1-2H3,(H,26,30)(H,27,31). The quantitative estimate of drug-likeness (QED) is 0.525. The number of amides is 2. The van der Waals surface area contributed by atoms with Crippen molar-refractivity contribution in [3.63, 3.8) is 0 Å². The highest BCUT2D eigenvalue weighted by Gasteiger charge is 2.18. The van der Waals surface area contributed by atoms with E-state index in [0.29, 0.717) is 28.2 Å². The maximum Gasteiger partial charge on any atom is 0.257 e. The van der Waals surface area contributed by atoms with Gasteiger partial charge in [0.1, 0.15) is 18.2 Å². The summed E-state index contributed by atoms with van der Waals surface area (Å²) in [4.78, 5) is 41.6. The second-order valence-corrected chi connectivity index (χ2v) is 7.18. The first kappa shape index (κ1) is 22.8. The van der Waals surface area contributed by atoms with Gasteiger partial charge < -0.3 is 15.7 Å². The molecule has 2 amide bonds. The molecule has 32 heavy (non-hydrogen) atoms. The third-order valence-electron chi connectivity index (χ3n) is 4.70. The van der Waals surface area contributed by atoms with E-state index in [0.717, 1.165) is 0 Å². The molecule has 0 bridgehead atoms. The Kier molecular flexibility index (Phi) is 7.11. The van der Waals surface area contributed by atoms with E-state index in [2.05, 4.69) is 15.6 Å². The van der Waals surface area contributed by atoms with Gasteiger partial charge in [-0.1, -0.05) is 6.07 Å². The molecule has 0 saturated carbocycles. The van der Waals surface area contributed by atoms with Crippen LogP contribution in [0.1, 0.15) is 18.2 Å². The van der Waals surface area contributed by atoms with Gasteiger partial charge in [-0.15, -0.1) is 0 Å². The number of halogens is 1. The fourth-order valence-corrected chi connectivity index (χ4v) is 3.29. The van der Waals surface area contributed by atoms with Gasteiger partial charge in [-0.25, -0.2) is 9.37 Å². The van der Waals surface area contributed by atoms with Crippen molar-refractivity contribution in [1.82, 2.24) is 9.55 Å². The second-order valence-electron chi connectivity index (χ2n) is 7.18. The summed E-state index contributed by atoms with van der Waals surface area (Å²) in [5.74, 6) is -0.952.